The lowest BCUT2D eigenvalue weighted by atomic mass is 9.94. The molecule has 1 aromatic carbocycles. The van der Waals surface area contributed by atoms with Crippen molar-refractivity contribution in [3.05, 3.63) is 132 Å². The molecule has 2 aliphatic rings. The van der Waals surface area contributed by atoms with Crippen LogP contribution in [-0.2, 0) is 38.5 Å². The van der Waals surface area contributed by atoms with E-state index in [0.717, 1.165) is 137 Å². The molecule has 6 aromatic rings. The standard InChI is InChI=1S/C72H83N5S2/c1-13-23-25-27-34-49-43-52(36-30-29-33-48-39-41-51(42-40-48)77(11)12)78-71(49)72-50(35-28-26-24-14-2)44-53(79-72)37-31-32-38-62-69-60(21-9)58(19-7)67(75-69)46-65-56(17-5)54(15-3)63(73-65)45-64-55(16-4)57(18-6)66(74-64)47-68-59(20-8)61(22-10)70(62)76-68/h39-47,73-74H,13-28,34-35H2,1-12H3. The van der Waals surface area contributed by atoms with Gasteiger partial charge in [0.25, 0.3) is 0 Å². The molecular formula is C72H83N5S2. The van der Waals surface area contributed by atoms with Crippen molar-refractivity contribution >= 4 is 72.7 Å². The number of allylic oxidation sites excluding steroid dienone is 4. The Kier molecular flexibility index (Phi) is 20.6. The van der Waals surface area contributed by atoms with Crippen molar-refractivity contribution in [2.75, 3.05) is 19.0 Å². The second-order valence-electron chi connectivity index (χ2n) is 21.1. The number of fused-ring (bicyclic) bond motifs is 8. The van der Waals surface area contributed by atoms with Gasteiger partial charge in [-0.25, -0.2) is 9.97 Å². The van der Waals surface area contributed by atoms with Gasteiger partial charge in [-0.15, -0.1) is 22.7 Å². The summed E-state index contributed by atoms with van der Waals surface area (Å²) in [7, 11) is 4.10. The molecule has 8 rings (SSSR count). The third kappa shape index (κ3) is 13.1. The largest absolute Gasteiger partial charge is 0.378 e. The number of benzene rings is 1. The fourth-order valence-electron chi connectivity index (χ4n) is 11.8. The molecule has 7 heteroatoms. The molecule has 0 amide bonds. The van der Waals surface area contributed by atoms with Gasteiger partial charge in [0.2, 0.25) is 0 Å². The van der Waals surface area contributed by atoms with Gasteiger partial charge in [-0.1, -0.05) is 114 Å². The van der Waals surface area contributed by atoms with E-state index in [1.165, 1.54) is 115 Å². The summed E-state index contributed by atoms with van der Waals surface area (Å²) in [5.41, 5.74) is 24.8. The van der Waals surface area contributed by atoms with Crippen molar-refractivity contribution in [1.82, 2.24) is 19.9 Å². The molecule has 7 heterocycles. The number of hydrogen-bond donors (Lipinski definition) is 2. The number of thiophene rings is 2. The number of nitrogens with zero attached hydrogens (tertiary/aromatic N) is 3. The monoisotopic (exact) mass is 1080 g/mol. The lowest BCUT2D eigenvalue weighted by Crippen LogP contribution is -2.07. The van der Waals surface area contributed by atoms with Crippen LogP contribution in [0.1, 0.15) is 223 Å². The molecule has 0 spiro atoms. The first-order valence-corrected chi connectivity index (χ1v) is 31.5. The molecule has 2 N–H and O–H groups in total. The van der Waals surface area contributed by atoms with Gasteiger partial charge in [-0.3, -0.25) is 0 Å². The number of H-pyrrole nitrogens is 2. The second-order valence-corrected chi connectivity index (χ2v) is 23.2. The van der Waals surface area contributed by atoms with Crippen LogP contribution in [0, 0.1) is 47.4 Å². The van der Waals surface area contributed by atoms with Gasteiger partial charge in [-0.05, 0) is 229 Å². The van der Waals surface area contributed by atoms with Crippen LogP contribution in [0.4, 0.5) is 5.69 Å². The van der Waals surface area contributed by atoms with Crippen molar-refractivity contribution in [3.8, 4) is 57.1 Å². The first kappa shape index (κ1) is 58.4. The van der Waals surface area contributed by atoms with Gasteiger partial charge in [0.05, 0.1) is 38.1 Å². The first-order chi connectivity index (χ1) is 38.6. The lowest BCUT2D eigenvalue weighted by Gasteiger charge is -2.11. The maximum absolute atomic E-state index is 5.63. The molecule has 0 unspecified atom stereocenters. The van der Waals surface area contributed by atoms with Crippen LogP contribution in [0.25, 0.3) is 54.1 Å². The van der Waals surface area contributed by atoms with Crippen molar-refractivity contribution in [2.45, 2.75) is 185 Å². The van der Waals surface area contributed by atoms with Crippen LogP contribution < -0.4 is 4.90 Å². The summed E-state index contributed by atoms with van der Waals surface area (Å²) < 4.78 is 0. The van der Waals surface area contributed by atoms with Crippen LogP contribution in [0.5, 0.6) is 0 Å². The zero-order valence-electron chi connectivity index (χ0n) is 49.6. The molecule has 5 nitrogen and oxygen atoms in total. The Balaban J connectivity index is 1.30. The molecule has 0 atom stereocenters. The van der Waals surface area contributed by atoms with E-state index < -0.39 is 0 Å². The maximum Gasteiger partial charge on any atom is 0.0851 e. The van der Waals surface area contributed by atoms with E-state index >= 15 is 0 Å². The van der Waals surface area contributed by atoms with E-state index in [2.05, 4.69) is 200 Å². The minimum Gasteiger partial charge on any atom is -0.378 e. The topological polar surface area (TPSA) is 60.6 Å². The minimum atomic E-state index is 0.835. The smallest absolute Gasteiger partial charge is 0.0851 e. The van der Waals surface area contributed by atoms with E-state index in [-0.39, 0.29) is 0 Å². The lowest BCUT2D eigenvalue weighted by molar-refractivity contribution is 0.666. The number of unbranched alkanes of at least 4 members (excludes halogenated alkanes) is 6. The van der Waals surface area contributed by atoms with Crippen LogP contribution in [0.2, 0.25) is 0 Å². The highest BCUT2D eigenvalue weighted by atomic mass is 32.1. The highest BCUT2D eigenvalue weighted by Gasteiger charge is 2.27. The Morgan fingerprint density at radius 3 is 1.23 bits per heavy atom. The van der Waals surface area contributed by atoms with Gasteiger partial charge >= 0.3 is 0 Å². The number of rotatable bonds is 20. The van der Waals surface area contributed by atoms with Crippen molar-refractivity contribution in [3.63, 3.8) is 0 Å². The van der Waals surface area contributed by atoms with Crippen molar-refractivity contribution in [1.29, 1.82) is 0 Å². The average molecular weight is 1080 g/mol. The number of anilines is 1. The Morgan fingerprint density at radius 1 is 0.430 bits per heavy atom. The zero-order valence-corrected chi connectivity index (χ0v) is 51.2. The van der Waals surface area contributed by atoms with E-state index in [0.29, 0.717) is 0 Å². The van der Waals surface area contributed by atoms with Crippen LogP contribution in [0.15, 0.2) is 54.6 Å². The SMILES string of the molecule is CCCCCCc1cc(C#CC#Cc2ccc(N(C)C)cc2)sc1-c1sc(C#CC#Cc2c3nc(cc4[nH]c(cc5[nH]c(cc6nc2C(CC)=C6CC)c(CC)c5CC)c(CC)c4CC)C(CC)=C3CC)cc1CCCCCC. The van der Waals surface area contributed by atoms with Crippen molar-refractivity contribution in [2.24, 2.45) is 0 Å². The summed E-state index contributed by atoms with van der Waals surface area (Å²) in [5, 5.41) is 0. The van der Waals surface area contributed by atoms with E-state index in [1.54, 1.807) is 0 Å². The maximum atomic E-state index is 5.63. The summed E-state index contributed by atoms with van der Waals surface area (Å²) in [4.78, 5) is 26.0. The third-order valence-electron chi connectivity index (χ3n) is 15.8. The van der Waals surface area contributed by atoms with E-state index in [9.17, 15) is 0 Å². The Bertz CT molecular complexity index is 3550. The molecule has 2 aliphatic heterocycles. The van der Waals surface area contributed by atoms with E-state index in [4.69, 9.17) is 9.97 Å². The first-order valence-electron chi connectivity index (χ1n) is 29.9. The predicted octanol–water partition coefficient (Wildman–Crippen LogP) is 18.9. The normalized spacial score (nSPS) is 11.9. The summed E-state index contributed by atoms with van der Waals surface area (Å²) in [6.45, 7) is 22.7. The summed E-state index contributed by atoms with van der Waals surface area (Å²) in [6, 6.07) is 20.0. The zero-order chi connectivity index (χ0) is 56.0. The third-order valence-corrected chi connectivity index (χ3v) is 18.2. The quantitative estimate of drug-likeness (QED) is 0.0592. The molecule has 8 bridgehead atoms. The van der Waals surface area contributed by atoms with Crippen molar-refractivity contribution < 1.29 is 0 Å². The molecule has 0 radical (unpaired) electrons. The fourth-order valence-corrected chi connectivity index (χ4v) is 14.1. The Hall–Kier alpha value is -6.74. The Morgan fingerprint density at radius 2 is 0.835 bits per heavy atom. The predicted molar refractivity (Wildman–Crippen MR) is 345 cm³/mol. The summed E-state index contributed by atoms with van der Waals surface area (Å²) >= 11 is 3.63. The molecule has 79 heavy (non-hydrogen) atoms. The molecule has 0 fully saturated rings. The number of aromatic amines is 2. The summed E-state index contributed by atoms with van der Waals surface area (Å²) in [5.74, 6) is 27.2. The van der Waals surface area contributed by atoms with Crippen LogP contribution in [0.3, 0.4) is 0 Å². The highest BCUT2D eigenvalue weighted by molar-refractivity contribution is 7.23. The molecule has 0 saturated carbocycles. The van der Waals surface area contributed by atoms with Crippen LogP contribution in [-0.4, -0.2) is 34.0 Å². The molecular weight excluding hydrogens is 999 g/mol. The van der Waals surface area contributed by atoms with E-state index in [1.807, 2.05) is 22.7 Å². The average Bonchev–Trinajstić information content (AvgIpc) is 4.47. The van der Waals surface area contributed by atoms with Gasteiger partial charge < -0.3 is 14.9 Å². The minimum absolute atomic E-state index is 0.835. The van der Waals surface area contributed by atoms with Gasteiger partial charge in [0, 0.05) is 57.2 Å². The number of nitrogens with one attached hydrogen (secondary N) is 2. The molecule has 0 aliphatic carbocycles. The highest BCUT2D eigenvalue weighted by Crippen LogP contribution is 2.43. The van der Waals surface area contributed by atoms with Gasteiger partial charge in [0.1, 0.15) is 0 Å². The fraction of sp³-hybridized carbons (Fsp3) is 0.417. The summed E-state index contributed by atoms with van der Waals surface area (Å²) in [6.07, 6.45) is 18.9. The molecule has 408 valence electrons. The number of hydrogen-bond acceptors (Lipinski definition) is 5. The number of aromatic nitrogens is 4. The number of aryl methyl sites for hydroxylation is 6. The molecule has 5 aromatic heterocycles. The second kappa shape index (κ2) is 27.9. The van der Waals surface area contributed by atoms with Crippen LogP contribution >= 0.6 is 22.7 Å². The Labute approximate surface area is 482 Å². The van der Waals surface area contributed by atoms with Gasteiger partial charge in [-0.2, -0.15) is 0 Å². The molecule has 0 saturated heterocycles. The van der Waals surface area contributed by atoms with Gasteiger partial charge in [0.15, 0.2) is 0 Å².